The van der Waals surface area contributed by atoms with Gasteiger partial charge in [-0.15, -0.1) is 0 Å². The SMILES string of the molecule is C[C@@]12CCCC[C@@H]1[C@@H]2C(=O)NN=Cc1ccc(C#N)cc1. The Balaban J connectivity index is 1.56. The van der Waals surface area contributed by atoms with E-state index in [1.54, 1.807) is 18.3 Å². The third kappa shape index (κ3) is 2.56. The van der Waals surface area contributed by atoms with Crippen LogP contribution in [0.1, 0.15) is 43.7 Å². The summed E-state index contributed by atoms with van der Waals surface area (Å²) < 4.78 is 0. The summed E-state index contributed by atoms with van der Waals surface area (Å²) >= 11 is 0. The molecule has 2 saturated carbocycles. The monoisotopic (exact) mass is 281 g/mol. The standard InChI is InChI=1S/C17H19N3O/c1-17-9-3-2-4-14(17)15(17)16(21)20-19-11-13-7-5-12(10-18)6-8-13/h5-8,11,14-15H,2-4,9H2,1H3,(H,20,21)/t14-,15-,17-/m1/s1. The number of nitrogens with one attached hydrogen (secondary N) is 1. The van der Waals surface area contributed by atoms with E-state index in [4.69, 9.17) is 5.26 Å². The summed E-state index contributed by atoms with van der Waals surface area (Å²) in [4.78, 5) is 12.2. The highest BCUT2D eigenvalue weighted by molar-refractivity contribution is 5.85. The normalized spacial score (nSPS) is 30.5. The summed E-state index contributed by atoms with van der Waals surface area (Å²) in [6, 6.07) is 9.17. The van der Waals surface area contributed by atoms with Gasteiger partial charge in [-0.2, -0.15) is 10.4 Å². The van der Waals surface area contributed by atoms with Crippen LogP contribution in [-0.2, 0) is 4.79 Å². The molecular weight excluding hydrogens is 262 g/mol. The number of benzene rings is 1. The van der Waals surface area contributed by atoms with Crippen molar-refractivity contribution in [3.8, 4) is 6.07 Å². The maximum absolute atomic E-state index is 12.2. The molecule has 0 bridgehead atoms. The van der Waals surface area contributed by atoms with Gasteiger partial charge in [0.25, 0.3) is 0 Å². The minimum Gasteiger partial charge on any atom is -0.273 e. The largest absolute Gasteiger partial charge is 0.273 e. The molecule has 2 aliphatic rings. The number of fused-ring (bicyclic) bond motifs is 1. The fraction of sp³-hybridized carbons (Fsp3) is 0.471. The Morgan fingerprint density at radius 2 is 2.19 bits per heavy atom. The Hall–Kier alpha value is -2.15. The first-order chi connectivity index (χ1) is 10.1. The molecule has 1 aromatic carbocycles. The number of amides is 1. The molecule has 0 spiro atoms. The maximum Gasteiger partial charge on any atom is 0.244 e. The molecule has 1 aromatic rings. The maximum atomic E-state index is 12.2. The smallest absolute Gasteiger partial charge is 0.244 e. The third-order valence-electron chi connectivity index (χ3n) is 5.04. The molecule has 1 amide bonds. The zero-order valence-electron chi connectivity index (χ0n) is 12.2. The first-order valence-electron chi connectivity index (χ1n) is 7.48. The van der Waals surface area contributed by atoms with Crippen LogP contribution < -0.4 is 5.43 Å². The number of hydrogen-bond acceptors (Lipinski definition) is 3. The molecule has 0 unspecified atom stereocenters. The number of nitriles is 1. The van der Waals surface area contributed by atoms with Crippen LogP contribution in [0.2, 0.25) is 0 Å². The van der Waals surface area contributed by atoms with Crippen LogP contribution in [-0.4, -0.2) is 12.1 Å². The molecule has 2 aliphatic carbocycles. The minimum atomic E-state index is 0.0503. The number of carbonyl (C=O) groups excluding carboxylic acids is 1. The summed E-state index contributed by atoms with van der Waals surface area (Å²) in [5, 5.41) is 12.8. The van der Waals surface area contributed by atoms with Gasteiger partial charge in [0.2, 0.25) is 5.91 Å². The fourth-order valence-electron chi connectivity index (χ4n) is 3.73. The lowest BCUT2D eigenvalue weighted by Crippen LogP contribution is -2.22. The fourth-order valence-corrected chi connectivity index (χ4v) is 3.73. The van der Waals surface area contributed by atoms with Crippen molar-refractivity contribution < 1.29 is 4.79 Å². The van der Waals surface area contributed by atoms with Crippen molar-refractivity contribution in [3.05, 3.63) is 35.4 Å². The van der Waals surface area contributed by atoms with Gasteiger partial charge in [0.1, 0.15) is 0 Å². The van der Waals surface area contributed by atoms with Crippen molar-refractivity contribution in [2.24, 2.45) is 22.4 Å². The van der Waals surface area contributed by atoms with Gasteiger partial charge in [-0.25, -0.2) is 5.43 Å². The lowest BCUT2D eigenvalue weighted by Gasteiger charge is -2.15. The summed E-state index contributed by atoms with van der Waals surface area (Å²) in [6.07, 6.45) is 6.44. The number of hydrazone groups is 1. The Morgan fingerprint density at radius 1 is 1.43 bits per heavy atom. The van der Waals surface area contributed by atoms with Gasteiger partial charge in [-0.3, -0.25) is 4.79 Å². The van der Waals surface area contributed by atoms with E-state index in [0.717, 1.165) is 12.0 Å². The molecule has 21 heavy (non-hydrogen) atoms. The van der Waals surface area contributed by atoms with Gasteiger partial charge in [-0.05, 0) is 41.9 Å². The molecule has 108 valence electrons. The third-order valence-corrected chi connectivity index (χ3v) is 5.04. The Bertz CT molecular complexity index is 614. The second kappa shape index (κ2) is 5.33. The molecule has 0 saturated heterocycles. The average Bonchev–Trinajstić information content (AvgIpc) is 3.13. The number of hydrogen-bond donors (Lipinski definition) is 1. The topological polar surface area (TPSA) is 65.2 Å². The molecule has 0 heterocycles. The van der Waals surface area contributed by atoms with Crippen molar-refractivity contribution in [2.45, 2.75) is 32.6 Å². The number of nitrogens with zero attached hydrogens (tertiary/aromatic N) is 2. The predicted molar refractivity (Wildman–Crippen MR) is 80.4 cm³/mol. The molecule has 4 nitrogen and oxygen atoms in total. The van der Waals surface area contributed by atoms with E-state index in [1.807, 2.05) is 12.1 Å². The molecule has 3 rings (SSSR count). The summed E-state index contributed by atoms with van der Waals surface area (Å²) in [6.45, 7) is 2.23. The van der Waals surface area contributed by atoms with Gasteiger partial charge >= 0.3 is 0 Å². The van der Waals surface area contributed by atoms with E-state index in [-0.39, 0.29) is 17.2 Å². The molecule has 0 aromatic heterocycles. The molecule has 2 fully saturated rings. The van der Waals surface area contributed by atoms with Gasteiger partial charge < -0.3 is 0 Å². The van der Waals surface area contributed by atoms with Crippen LogP contribution in [0, 0.1) is 28.6 Å². The van der Waals surface area contributed by atoms with Crippen LogP contribution in [0.5, 0.6) is 0 Å². The zero-order valence-corrected chi connectivity index (χ0v) is 12.2. The Morgan fingerprint density at radius 3 is 2.81 bits per heavy atom. The molecular formula is C17H19N3O. The van der Waals surface area contributed by atoms with Crippen LogP contribution in [0.15, 0.2) is 29.4 Å². The van der Waals surface area contributed by atoms with E-state index < -0.39 is 0 Å². The highest BCUT2D eigenvalue weighted by Gasteiger charge is 2.64. The van der Waals surface area contributed by atoms with Crippen LogP contribution in [0.4, 0.5) is 0 Å². The van der Waals surface area contributed by atoms with Crippen molar-refractivity contribution in [3.63, 3.8) is 0 Å². The quantitative estimate of drug-likeness (QED) is 0.684. The molecule has 0 aliphatic heterocycles. The zero-order chi connectivity index (χ0) is 14.9. The summed E-state index contributed by atoms with van der Waals surface area (Å²) in [5.41, 5.74) is 4.37. The lowest BCUT2D eigenvalue weighted by molar-refractivity contribution is -0.123. The van der Waals surface area contributed by atoms with Gasteiger partial charge in [0, 0.05) is 5.92 Å². The Kier molecular flexibility index (Phi) is 3.50. The molecule has 3 atom stereocenters. The van der Waals surface area contributed by atoms with E-state index >= 15 is 0 Å². The van der Waals surface area contributed by atoms with Gasteiger partial charge in [0.15, 0.2) is 0 Å². The van der Waals surface area contributed by atoms with Crippen LogP contribution >= 0.6 is 0 Å². The van der Waals surface area contributed by atoms with E-state index in [0.29, 0.717) is 11.5 Å². The van der Waals surface area contributed by atoms with Gasteiger partial charge in [0.05, 0.1) is 17.8 Å². The molecule has 0 radical (unpaired) electrons. The van der Waals surface area contributed by atoms with Crippen molar-refractivity contribution >= 4 is 12.1 Å². The molecule has 4 heteroatoms. The number of carbonyl (C=O) groups is 1. The number of rotatable bonds is 3. The summed E-state index contributed by atoms with van der Waals surface area (Å²) in [7, 11) is 0. The van der Waals surface area contributed by atoms with E-state index in [2.05, 4.69) is 23.5 Å². The first-order valence-corrected chi connectivity index (χ1v) is 7.48. The molecule has 1 N–H and O–H groups in total. The second-order valence-electron chi connectivity index (χ2n) is 6.30. The summed E-state index contributed by atoms with van der Waals surface area (Å²) in [5.74, 6) is 0.740. The first kappa shape index (κ1) is 13.8. The van der Waals surface area contributed by atoms with Crippen molar-refractivity contribution in [1.82, 2.24) is 5.43 Å². The van der Waals surface area contributed by atoms with Gasteiger partial charge in [-0.1, -0.05) is 31.9 Å². The average molecular weight is 281 g/mol. The van der Waals surface area contributed by atoms with Crippen molar-refractivity contribution in [1.29, 1.82) is 5.26 Å². The van der Waals surface area contributed by atoms with E-state index in [1.165, 1.54) is 19.3 Å². The second-order valence-corrected chi connectivity index (χ2v) is 6.30. The minimum absolute atomic E-state index is 0.0503. The highest BCUT2D eigenvalue weighted by atomic mass is 16.2. The Labute approximate surface area is 124 Å². The van der Waals surface area contributed by atoms with E-state index in [9.17, 15) is 4.79 Å². The predicted octanol–water partition coefficient (Wildman–Crippen LogP) is 2.83. The van der Waals surface area contributed by atoms with Crippen LogP contribution in [0.25, 0.3) is 0 Å². The lowest BCUT2D eigenvalue weighted by atomic mass is 9.90. The van der Waals surface area contributed by atoms with Crippen LogP contribution in [0.3, 0.4) is 0 Å². The van der Waals surface area contributed by atoms with Crippen molar-refractivity contribution in [2.75, 3.05) is 0 Å². The highest BCUT2D eigenvalue weighted by Crippen LogP contribution is 2.66.